The van der Waals surface area contributed by atoms with E-state index in [-0.39, 0.29) is 4.88 Å². The molecule has 2 rings (SSSR count). The molecule has 0 radical (unpaired) electrons. The summed E-state index contributed by atoms with van der Waals surface area (Å²) in [6, 6.07) is 3.75. The average Bonchev–Trinajstić information content (AvgIpc) is 2.76. The summed E-state index contributed by atoms with van der Waals surface area (Å²) in [5.74, 6) is -0.946. The Labute approximate surface area is 95.9 Å². The van der Waals surface area contributed by atoms with Gasteiger partial charge in [0.25, 0.3) is 0 Å². The largest absolute Gasteiger partial charge is 0.477 e. The van der Waals surface area contributed by atoms with Crippen LogP contribution in [-0.4, -0.2) is 21.0 Å². The molecule has 80 valence electrons. The van der Waals surface area contributed by atoms with Gasteiger partial charge >= 0.3 is 5.97 Å². The lowest BCUT2D eigenvalue weighted by Gasteiger charge is -1.88. The minimum atomic E-state index is -0.946. The Hall–Kier alpha value is -2.01. The van der Waals surface area contributed by atoms with Crippen molar-refractivity contribution in [2.45, 2.75) is 0 Å². The number of rotatable bonds is 3. The maximum atomic E-state index is 10.6. The van der Waals surface area contributed by atoms with Crippen molar-refractivity contribution in [3.05, 3.63) is 46.2 Å². The van der Waals surface area contributed by atoms with E-state index < -0.39 is 5.97 Å². The Morgan fingerprint density at radius 2 is 2.25 bits per heavy atom. The fourth-order valence-corrected chi connectivity index (χ4v) is 1.77. The first-order valence-corrected chi connectivity index (χ1v) is 5.34. The molecular weight excluding hydrogens is 224 g/mol. The molecule has 0 saturated heterocycles. The van der Waals surface area contributed by atoms with Crippen LogP contribution in [0.15, 0.2) is 30.7 Å². The van der Waals surface area contributed by atoms with Crippen LogP contribution in [-0.2, 0) is 0 Å². The Balaban J connectivity index is 2.15. The third-order valence-corrected chi connectivity index (χ3v) is 2.79. The van der Waals surface area contributed by atoms with E-state index in [0.29, 0.717) is 5.01 Å². The normalized spacial score (nSPS) is 10.8. The van der Waals surface area contributed by atoms with Crippen LogP contribution in [0.4, 0.5) is 0 Å². The predicted octanol–water partition coefficient (Wildman–Crippen LogP) is 2.41. The average molecular weight is 232 g/mol. The molecule has 16 heavy (non-hydrogen) atoms. The smallest absolute Gasteiger partial charge is 0.347 e. The number of hydrogen-bond donors (Lipinski definition) is 1. The summed E-state index contributed by atoms with van der Waals surface area (Å²) in [7, 11) is 0. The van der Waals surface area contributed by atoms with E-state index in [1.807, 2.05) is 18.2 Å². The second-order valence-corrected chi connectivity index (χ2v) is 4.05. The summed E-state index contributed by atoms with van der Waals surface area (Å²) in [6.45, 7) is 0. The van der Waals surface area contributed by atoms with Gasteiger partial charge in [0, 0.05) is 12.4 Å². The van der Waals surface area contributed by atoms with Gasteiger partial charge < -0.3 is 5.11 Å². The third-order valence-electron chi connectivity index (χ3n) is 1.84. The highest BCUT2D eigenvalue weighted by Crippen LogP contribution is 2.15. The molecule has 2 aromatic rings. The lowest BCUT2D eigenvalue weighted by Crippen LogP contribution is -1.89. The van der Waals surface area contributed by atoms with Gasteiger partial charge in [-0.2, -0.15) is 0 Å². The number of carboxylic acid groups (broad SMARTS) is 1. The first-order chi connectivity index (χ1) is 7.75. The number of hydrogen-bond acceptors (Lipinski definition) is 4. The molecule has 0 aromatic carbocycles. The molecule has 0 saturated carbocycles. The molecule has 2 heterocycles. The molecule has 0 spiro atoms. The van der Waals surface area contributed by atoms with Crippen LogP contribution in [0, 0.1) is 0 Å². The number of thiazole rings is 1. The SMILES string of the molecule is O=C(O)c1cnc(/C=C/c2cccnc2)s1. The van der Waals surface area contributed by atoms with E-state index >= 15 is 0 Å². The summed E-state index contributed by atoms with van der Waals surface area (Å²) in [6.07, 6.45) is 8.40. The fourth-order valence-electron chi connectivity index (χ4n) is 1.11. The van der Waals surface area contributed by atoms with Crippen molar-refractivity contribution >= 4 is 29.5 Å². The maximum absolute atomic E-state index is 10.6. The number of carboxylic acids is 1. The summed E-state index contributed by atoms with van der Waals surface area (Å²) >= 11 is 1.14. The number of aromatic nitrogens is 2. The van der Waals surface area contributed by atoms with Crippen molar-refractivity contribution in [1.82, 2.24) is 9.97 Å². The minimum Gasteiger partial charge on any atom is -0.477 e. The lowest BCUT2D eigenvalue weighted by molar-refractivity contribution is 0.0702. The molecule has 0 bridgehead atoms. The van der Waals surface area contributed by atoms with Gasteiger partial charge in [0.05, 0.1) is 6.20 Å². The van der Waals surface area contributed by atoms with E-state index in [2.05, 4.69) is 9.97 Å². The van der Waals surface area contributed by atoms with Gasteiger partial charge in [-0.15, -0.1) is 11.3 Å². The van der Waals surface area contributed by atoms with Crippen LogP contribution in [0.5, 0.6) is 0 Å². The standard InChI is InChI=1S/C11H8N2O2S/c14-11(15)9-7-13-10(16-9)4-3-8-2-1-5-12-6-8/h1-7H,(H,14,15)/b4-3+. The number of nitrogens with zero attached hydrogens (tertiary/aromatic N) is 2. The summed E-state index contributed by atoms with van der Waals surface area (Å²) in [4.78, 5) is 18.8. The number of pyridine rings is 1. The minimum absolute atomic E-state index is 0.242. The second-order valence-electron chi connectivity index (χ2n) is 2.99. The van der Waals surface area contributed by atoms with Crippen LogP contribution in [0.1, 0.15) is 20.2 Å². The van der Waals surface area contributed by atoms with Crippen LogP contribution < -0.4 is 0 Å². The topological polar surface area (TPSA) is 63.1 Å². The van der Waals surface area contributed by atoms with Crippen LogP contribution in [0.25, 0.3) is 12.2 Å². The quantitative estimate of drug-likeness (QED) is 0.882. The molecule has 5 heteroatoms. The molecule has 0 amide bonds. The molecular formula is C11H8N2O2S. The van der Waals surface area contributed by atoms with Crippen molar-refractivity contribution in [3.63, 3.8) is 0 Å². The molecule has 0 atom stereocenters. The second kappa shape index (κ2) is 4.67. The fraction of sp³-hybridized carbons (Fsp3) is 0. The zero-order chi connectivity index (χ0) is 11.4. The first-order valence-electron chi connectivity index (χ1n) is 4.53. The van der Waals surface area contributed by atoms with Crippen LogP contribution >= 0.6 is 11.3 Å². The molecule has 2 aromatic heterocycles. The maximum Gasteiger partial charge on any atom is 0.347 e. The van der Waals surface area contributed by atoms with Crippen molar-refractivity contribution in [2.75, 3.05) is 0 Å². The summed E-state index contributed by atoms with van der Waals surface area (Å²) < 4.78 is 0. The Bertz CT molecular complexity index is 520. The van der Waals surface area contributed by atoms with Gasteiger partial charge in [-0.3, -0.25) is 4.98 Å². The zero-order valence-electron chi connectivity index (χ0n) is 8.20. The number of carbonyl (C=O) groups is 1. The summed E-state index contributed by atoms with van der Waals surface area (Å²) in [5.41, 5.74) is 0.953. The van der Waals surface area contributed by atoms with E-state index in [4.69, 9.17) is 5.11 Å². The van der Waals surface area contributed by atoms with Gasteiger partial charge in [0.1, 0.15) is 9.88 Å². The predicted molar refractivity (Wildman–Crippen MR) is 62.2 cm³/mol. The van der Waals surface area contributed by atoms with Crippen molar-refractivity contribution < 1.29 is 9.90 Å². The van der Waals surface area contributed by atoms with Gasteiger partial charge in [-0.25, -0.2) is 9.78 Å². The zero-order valence-corrected chi connectivity index (χ0v) is 9.02. The van der Waals surface area contributed by atoms with E-state index in [0.717, 1.165) is 16.9 Å². The van der Waals surface area contributed by atoms with E-state index in [1.54, 1.807) is 18.5 Å². The van der Waals surface area contributed by atoms with Crippen LogP contribution in [0.3, 0.4) is 0 Å². The molecule has 1 N–H and O–H groups in total. The van der Waals surface area contributed by atoms with Crippen LogP contribution in [0.2, 0.25) is 0 Å². The third kappa shape index (κ3) is 2.52. The number of aromatic carboxylic acids is 1. The highest BCUT2D eigenvalue weighted by Gasteiger charge is 2.05. The monoisotopic (exact) mass is 232 g/mol. The van der Waals surface area contributed by atoms with Crippen molar-refractivity contribution in [2.24, 2.45) is 0 Å². The Morgan fingerprint density at radius 3 is 2.88 bits per heavy atom. The highest BCUT2D eigenvalue weighted by atomic mass is 32.1. The summed E-state index contributed by atoms with van der Waals surface area (Å²) in [5, 5.41) is 9.39. The van der Waals surface area contributed by atoms with Gasteiger partial charge in [-0.1, -0.05) is 12.1 Å². The first kappa shape index (κ1) is 10.5. The van der Waals surface area contributed by atoms with E-state index in [1.165, 1.54) is 6.20 Å². The van der Waals surface area contributed by atoms with Gasteiger partial charge in [0.15, 0.2) is 0 Å². The Morgan fingerprint density at radius 1 is 1.38 bits per heavy atom. The van der Waals surface area contributed by atoms with Gasteiger partial charge in [-0.05, 0) is 17.7 Å². The molecule has 0 unspecified atom stereocenters. The molecule has 0 aliphatic rings. The molecule has 0 aliphatic carbocycles. The molecule has 0 fully saturated rings. The van der Waals surface area contributed by atoms with Crippen molar-refractivity contribution in [1.29, 1.82) is 0 Å². The molecule has 0 aliphatic heterocycles. The highest BCUT2D eigenvalue weighted by molar-refractivity contribution is 7.14. The molecule has 4 nitrogen and oxygen atoms in total. The van der Waals surface area contributed by atoms with E-state index in [9.17, 15) is 4.79 Å². The van der Waals surface area contributed by atoms with Crippen molar-refractivity contribution in [3.8, 4) is 0 Å². The van der Waals surface area contributed by atoms with Gasteiger partial charge in [0.2, 0.25) is 0 Å². The Kier molecular flexibility index (Phi) is 3.07. The lowest BCUT2D eigenvalue weighted by atomic mass is 10.3.